The number of unbranched alkanes of at least 4 members (excludes halogenated alkanes) is 1. The Bertz CT molecular complexity index is 154. The van der Waals surface area contributed by atoms with E-state index in [1.165, 1.54) is 0 Å². The maximum atomic E-state index is 10.8. The third kappa shape index (κ3) is 31.6. The van der Waals surface area contributed by atoms with Gasteiger partial charge in [-0.2, -0.15) is 0 Å². The molecule has 0 saturated carbocycles. The van der Waals surface area contributed by atoms with Gasteiger partial charge in [-0.1, -0.05) is 34.6 Å². The van der Waals surface area contributed by atoms with Crippen LogP contribution in [0.5, 0.6) is 0 Å². The SMILES string of the molecule is C=O.CC.CC.CCC(=O)NCCCCC(O)CO. The maximum absolute atomic E-state index is 10.8. The number of aliphatic hydroxyl groups is 2. The molecule has 0 saturated heterocycles. The molecule has 19 heavy (non-hydrogen) atoms. The van der Waals surface area contributed by atoms with Crippen molar-refractivity contribution in [2.75, 3.05) is 13.2 Å². The van der Waals surface area contributed by atoms with Gasteiger partial charge in [0.2, 0.25) is 5.91 Å². The molecule has 1 atom stereocenters. The van der Waals surface area contributed by atoms with E-state index < -0.39 is 6.10 Å². The molecule has 3 N–H and O–H groups in total. The van der Waals surface area contributed by atoms with Crippen LogP contribution in [0.2, 0.25) is 0 Å². The minimum absolute atomic E-state index is 0.0581. The average molecular weight is 279 g/mol. The van der Waals surface area contributed by atoms with Crippen LogP contribution in [0, 0.1) is 0 Å². The number of carbonyl (C=O) groups is 2. The van der Waals surface area contributed by atoms with Crippen LogP contribution in [-0.2, 0) is 9.59 Å². The molecule has 0 heterocycles. The first-order valence-corrected chi connectivity index (χ1v) is 7.05. The fraction of sp³-hybridized carbons (Fsp3) is 0.857. The first-order valence-electron chi connectivity index (χ1n) is 7.05. The summed E-state index contributed by atoms with van der Waals surface area (Å²) in [6.45, 7) is 12.3. The summed E-state index contributed by atoms with van der Waals surface area (Å²) in [6, 6.07) is 0. The minimum atomic E-state index is -0.609. The van der Waals surface area contributed by atoms with Crippen LogP contribution in [0.15, 0.2) is 0 Å². The lowest BCUT2D eigenvalue weighted by molar-refractivity contribution is -0.120. The highest BCUT2D eigenvalue weighted by molar-refractivity contribution is 5.75. The third-order valence-corrected chi connectivity index (χ3v) is 1.82. The molecule has 0 aromatic heterocycles. The molecular weight excluding hydrogens is 246 g/mol. The molecule has 0 aliphatic carbocycles. The second-order valence-electron chi connectivity index (χ2n) is 3.04. The van der Waals surface area contributed by atoms with Gasteiger partial charge < -0.3 is 20.3 Å². The van der Waals surface area contributed by atoms with E-state index in [4.69, 9.17) is 15.0 Å². The molecule has 0 bridgehead atoms. The molecule has 1 amide bonds. The van der Waals surface area contributed by atoms with Crippen molar-refractivity contribution in [3.05, 3.63) is 0 Å². The van der Waals surface area contributed by atoms with E-state index in [-0.39, 0.29) is 12.5 Å². The second-order valence-corrected chi connectivity index (χ2v) is 3.04. The van der Waals surface area contributed by atoms with E-state index in [1.54, 1.807) is 0 Å². The van der Waals surface area contributed by atoms with Crippen molar-refractivity contribution in [1.29, 1.82) is 0 Å². The minimum Gasteiger partial charge on any atom is -0.394 e. The number of rotatable bonds is 7. The van der Waals surface area contributed by atoms with Crippen molar-refractivity contribution in [2.24, 2.45) is 0 Å². The first kappa shape index (κ1) is 26.6. The zero-order valence-corrected chi connectivity index (χ0v) is 13.2. The van der Waals surface area contributed by atoms with E-state index in [2.05, 4.69) is 5.32 Å². The Kier molecular flexibility index (Phi) is 42.3. The van der Waals surface area contributed by atoms with E-state index in [1.807, 2.05) is 41.4 Å². The normalized spacial score (nSPS) is 9.42. The smallest absolute Gasteiger partial charge is 0.219 e. The van der Waals surface area contributed by atoms with Crippen molar-refractivity contribution in [1.82, 2.24) is 5.32 Å². The fourth-order valence-corrected chi connectivity index (χ4v) is 0.949. The van der Waals surface area contributed by atoms with Crippen LogP contribution < -0.4 is 5.32 Å². The van der Waals surface area contributed by atoms with Crippen molar-refractivity contribution in [3.8, 4) is 0 Å². The summed E-state index contributed by atoms with van der Waals surface area (Å²) in [5, 5.41) is 20.2. The number of carbonyl (C=O) groups excluding carboxylic acids is 2. The van der Waals surface area contributed by atoms with Gasteiger partial charge in [0.05, 0.1) is 12.7 Å². The zero-order valence-electron chi connectivity index (χ0n) is 13.2. The molecule has 0 fully saturated rings. The number of nitrogens with one attached hydrogen (secondary N) is 1. The summed E-state index contributed by atoms with van der Waals surface area (Å²) in [6.07, 6.45) is 2.17. The Morgan fingerprint density at radius 1 is 1.16 bits per heavy atom. The van der Waals surface area contributed by atoms with Crippen LogP contribution in [0.25, 0.3) is 0 Å². The molecule has 118 valence electrons. The Hall–Kier alpha value is -0.940. The van der Waals surface area contributed by atoms with Crippen molar-refractivity contribution in [3.63, 3.8) is 0 Å². The molecule has 0 rings (SSSR count). The summed E-state index contributed by atoms with van der Waals surface area (Å²) >= 11 is 0. The first-order chi connectivity index (χ1) is 9.20. The number of hydrogen-bond acceptors (Lipinski definition) is 4. The lowest BCUT2D eigenvalue weighted by Gasteiger charge is -2.06. The monoisotopic (exact) mass is 279 g/mol. The molecule has 0 aliphatic heterocycles. The summed E-state index contributed by atoms with van der Waals surface area (Å²) in [5.41, 5.74) is 0. The fourth-order valence-electron chi connectivity index (χ4n) is 0.949. The van der Waals surface area contributed by atoms with Gasteiger partial charge in [-0.25, -0.2) is 0 Å². The van der Waals surface area contributed by atoms with Crippen LogP contribution in [0.1, 0.15) is 60.3 Å². The second kappa shape index (κ2) is 30.3. The number of amides is 1. The third-order valence-electron chi connectivity index (χ3n) is 1.82. The molecule has 0 radical (unpaired) electrons. The highest BCUT2D eigenvalue weighted by Gasteiger charge is 2.01. The predicted molar refractivity (Wildman–Crippen MR) is 80.1 cm³/mol. The largest absolute Gasteiger partial charge is 0.394 e. The average Bonchev–Trinajstić information content (AvgIpc) is 2.52. The predicted octanol–water partition coefficient (Wildman–Crippen LogP) is 1.90. The van der Waals surface area contributed by atoms with Gasteiger partial charge in [-0.15, -0.1) is 0 Å². The van der Waals surface area contributed by atoms with Crippen molar-refractivity contribution < 1.29 is 19.8 Å². The molecule has 1 unspecified atom stereocenters. The molecule has 0 aliphatic rings. The Balaban J connectivity index is -0.000000163. The van der Waals surface area contributed by atoms with Gasteiger partial charge in [-0.05, 0) is 19.3 Å². The van der Waals surface area contributed by atoms with Crippen molar-refractivity contribution in [2.45, 2.75) is 66.4 Å². The Morgan fingerprint density at radius 2 is 1.63 bits per heavy atom. The summed E-state index contributed by atoms with van der Waals surface area (Å²) in [7, 11) is 0. The highest BCUT2D eigenvalue weighted by Crippen LogP contribution is 1.98. The van der Waals surface area contributed by atoms with Crippen LogP contribution >= 0.6 is 0 Å². The number of hydrogen-bond donors (Lipinski definition) is 3. The van der Waals surface area contributed by atoms with E-state index in [0.29, 0.717) is 19.4 Å². The molecule has 5 nitrogen and oxygen atoms in total. The lowest BCUT2D eigenvalue weighted by Crippen LogP contribution is -2.23. The summed E-state index contributed by atoms with van der Waals surface area (Å²) < 4.78 is 0. The quantitative estimate of drug-likeness (QED) is 0.621. The van der Waals surface area contributed by atoms with Gasteiger partial charge >= 0.3 is 0 Å². The molecule has 5 heteroatoms. The van der Waals surface area contributed by atoms with E-state index in [9.17, 15) is 4.79 Å². The van der Waals surface area contributed by atoms with Gasteiger partial charge in [0.15, 0.2) is 0 Å². The van der Waals surface area contributed by atoms with Crippen LogP contribution in [-0.4, -0.2) is 42.2 Å². The van der Waals surface area contributed by atoms with Gasteiger partial charge in [0.25, 0.3) is 0 Å². The topological polar surface area (TPSA) is 86.6 Å². The summed E-state index contributed by atoms with van der Waals surface area (Å²) in [5.74, 6) is 0.0581. The molecular formula is C14H33NO4. The molecule has 0 spiro atoms. The summed E-state index contributed by atoms with van der Waals surface area (Å²) in [4.78, 5) is 18.8. The van der Waals surface area contributed by atoms with Crippen LogP contribution in [0.3, 0.4) is 0 Å². The Morgan fingerprint density at radius 3 is 2.00 bits per heavy atom. The standard InChI is InChI=1S/C9H19NO3.2C2H6.CH2O/c1-2-9(13)10-6-4-3-5-8(12)7-11;3*1-2/h8,11-12H,2-7H2,1H3,(H,10,13);2*1-2H3;1H2. The van der Waals surface area contributed by atoms with Crippen molar-refractivity contribution >= 4 is 12.7 Å². The number of aliphatic hydroxyl groups excluding tert-OH is 2. The van der Waals surface area contributed by atoms with Gasteiger partial charge in [0, 0.05) is 13.0 Å². The van der Waals surface area contributed by atoms with E-state index in [0.717, 1.165) is 12.8 Å². The van der Waals surface area contributed by atoms with Gasteiger partial charge in [0.1, 0.15) is 6.79 Å². The molecule has 0 aromatic rings. The zero-order chi connectivity index (χ0) is 16.1. The highest BCUT2D eigenvalue weighted by atomic mass is 16.3. The van der Waals surface area contributed by atoms with E-state index >= 15 is 0 Å². The van der Waals surface area contributed by atoms with Crippen LogP contribution in [0.4, 0.5) is 0 Å². The molecule has 0 aromatic carbocycles. The lowest BCUT2D eigenvalue weighted by atomic mass is 10.1. The van der Waals surface area contributed by atoms with Gasteiger partial charge in [-0.3, -0.25) is 4.79 Å². The Labute approximate surface area is 118 Å². The maximum Gasteiger partial charge on any atom is 0.219 e.